The minimum atomic E-state index is -4.07. The van der Waals surface area contributed by atoms with Crippen molar-refractivity contribution in [3.05, 3.63) is 131 Å². The number of aliphatic carboxylic acids is 1. The second kappa shape index (κ2) is 46.2. The van der Waals surface area contributed by atoms with Crippen LogP contribution in [-0.4, -0.2) is 219 Å². The van der Waals surface area contributed by atoms with Crippen LogP contribution in [0.2, 0.25) is 0 Å². The van der Waals surface area contributed by atoms with Gasteiger partial charge in [-0.1, -0.05) is 150 Å². The Bertz CT molecular complexity index is 4420. The second-order valence-electron chi connectivity index (χ2n) is 33.2. The number of hydrogen-bond donors (Lipinski definition) is 13. The highest BCUT2D eigenvalue weighted by molar-refractivity contribution is 7.89. The summed E-state index contributed by atoms with van der Waals surface area (Å²) in [6.45, 7) is 12.7. The number of carbonyl (C=O) groups excluding carboxylic acids is 11. The van der Waals surface area contributed by atoms with Gasteiger partial charge in [0.2, 0.25) is 61.4 Å². The Hall–Kier alpha value is -9.43. The summed E-state index contributed by atoms with van der Waals surface area (Å²) in [4.78, 5) is 159. The zero-order valence-electron chi connectivity index (χ0n) is 69.9. The lowest BCUT2D eigenvalue weighted by Gasteiger charge is -2.35. The third-order valence-corrected chi connectivity index (χ3v) is 24.5. The van der Waals surface area contributed by atoms with E-state index in [1.165, 1.54) is 34.1 Å². The molecule has 12 atom stereocenters. The molecule has 8 aliphatic rings. The molecule has 4 fully saturated rings. The highest BCUT2D eigenvalue weighted by Gasteiger charge is 2.48. The number of nitrogens with zero attached hydrogens (tertiary/aromatic N) is 2. The molecule has 4 aromatic rings. The number of aliphatic hydroxyl groups is 2. The summed E-state index contributed by atoms with van der Waals surface area (Å²) in [5.41, 5.74) is 6.77. The number of carboxylic acid groups (broad SMARTS) is 1. The molecule has 6 aliphatic heterocycles. The Kier molecular flexibility index (Phi) is 38.3. The van der Waals surface area contributed by atoms with Crippen LogP contribution in [-0.2, 0) is 99.9 Å². The zero-order chi connectivity index (χ0) is 87.1. The maximum absolute atomic E-state index is 14.5. The molecule has 4 aromatic carbocycles. The van der Waals surface area contributed by atoms with Crippen molar-refractivity contribution < 1.29 is 99.2 Å². The number of fused-ring (bicyclic) bond motifs is 16. The fourth-order valence-corrected chi connectivity index (χ4v) is 17.9. The van der Waals surface area contributed by atoms with Crippen LogP contribution < -0.4 is 52.4 Å². The van der Waals surface area contributed by atoms with Crippen LogP contribution in [0.1, 0.15) is 205 Å². The Morgan fingerprint density at radius 2 is 0.893 bits per heavy atom. The number of sulfonamides is 2. The molecule has 12 rings (SSSR count). The summed E-state index contributed by atoms with van der Waals surface area (Å²) in [5, 5.41) is 49.3. The summed E-state index contributed by atoms with van der Waals surface area (Å²) in [6.07, 6.45) is 8.11. The second-order valence-corrected chi connectivity index (χ2v) is 36.6. The van der Waals surface area contributed by atoms with Crippen molar-refractivity contribution in [2.75, 3.05) is 26.2 Å². The summed E-state index contributed by atoms with van der Waals surface area (Å²) >= 11 is 0. The number of nitrogens with one attached hydrogen (secondary N) is 9. The van der Waals surface area contributed by atoms with Crippen LogP contribution in [0.5, 0.6) is 0 Å². The standard InChI is InChI=1S/C42H58N6O10S.C22H29N3O6S.C20H31N3O5.B.ClH/c1-5-12-31(37(51)39(53)43-24-34(50)46-36(28-15-10-7-11-16-28)41(55)58-42(2,3)4)44-38(52)32-23-29-25-48(32)40(54)35(27-13-8-6-9-14-27)45-33(49)22-19-26-17-20-30(21-18-26)59(56,57)47-29;26-19-11-8-14-6-9-17(10-7-14)32(30,31)24-16-12-18(22(28)29)25(13-16)21(27)20(23-19)15-4-2-1-3-5-15;1-5-9-14(21)17(25)18(26)22-12-15(24)23-16(13-10-7-6-8-11-13)19(27)28-20(2,3)4;;/h7,10-11,15-18,20-21,27,29,31-32,35-37,47,51H,5-6,8-9,12-14,19,22-25H2,1-4H3,(H,43,53)(H,44,52)(H,45,49)(H,46,50);6-7,9-10,15-16,18,20,24H,1-5,8,11-13H2,(H,23,26)(H,28,29);6-8,10-11,14,16-17,25H,5,9,12,21H2,1-4H3,(H,22,26)(H,23,24);;1H/t29-,31?,32?,35?,36+,37?;16-,18?,20?;14?,16-,17?;;/m110../s1. The smallest absolute Gasteiger partial charge is 0.333 e. The Balaban J connectivity index is 0.000000308. The van der Waals surface area contributed by atoms with Gasteiger partial charge in [0.05, 0.1) is 28.9 Å². The molecule has 2 saturated heterocycles. The predicted molar refractivity (Wildman–Crippen MR) is 450 cm³/mol. The van der Waals surface area contributed by atoms with Gasteiger partial charge in [-0.25, -0.2) is 40.7 Å². The van der Waals surface area contributed by atoms with Crippen molar-refractivity contribution in [2.24, 2.45) is 17.6 Å². The number of rotatable bonds is 23. The molecule has 8 unspecified atom stereocenters. The van der Waals surface area contributed by atoms with Crippen molar-refractivity contribution in [1.82, 2.24) is 56.5 Å². The van der Waals surface area contributed by atoms with Gasteiger partial charge in [0.1, 0.15) is 41.5 Å². The van der Waals surface area contributed by atoms with Gasteiger partial charge in [-0.05, 0) is 164 Å². The molecular formula is C84H119BClN12O21S2. The van der Waals surface area contributed by atoms with Gasteiger partial charge in [-0.15, -0.1) is 12.4 Å². The van der Waals surface area contributed by atoms with Crippen LogP contribution >= 0.6 is 12.4 Å². The summed E-state index contributed by atoms with van der Waals surface area (Å²) in [6, 6.07) is 19.9. The van der Waals surface area contributed by atoms with Gasteiger partial charge in [0.15, 0.2) is 18.2 Å². The lowest BCUT2D eigenvalue weighted by Crippen LogP contribution is -2.58. The van der Waals surface area contributed by atoms with E-state index < -0.39 is 176 Å². The van der Waals surface area contributed by atoms with Crippen LogP contribution in [0.3, 0.4) is 0 Å². The third kappa shape index (κ3) is 30.0. The fraction of sp³-hybridized carbons (Fsp3) is 0.571. The Morgan fingerprint density at radius 1 is 0.521 bits per heavy atom. The molecule has 2 saturated carbocycles. The number of carbonyl (C=O) groups is 12. The van der Waals surface area contributed by atoms with Crippen molar-refractivity contribution >= 4 is 112 Å². The first-order valence-electron chi connectivity index (χ1n) is 41.0. The van der Waals surface area contributed by atoms with Gasteiger partial charge in [0.25, 0.3) is 11.8 Å². The first-order chi connectivity index (χ1) is 56.2. The van der Waals surface area contributed by atoms with Gasteiger partial charge in [-0.3, -0.25) is 43.2 Å². The number of aliphatic hydroxyl groups excluding tert-OH is 2. The minimum absolute atomic E-state index is 0. The van der Waals surface area contributed by atoms with Crippen LogP contribution in [0, 0.1) is 11.8 Å². The van der Waals surface area contributed by atoms with E-state index in [1.807, 2.05) is 6.92 Å². The van der Waals surface area contributed by atoms with Gasteiger partial charge < -0.3 is 77.5 Å². The number of esters is 2. The molecule has 9 amide bonds. The molecule has 663 valence electrons. The maximum Gasteiger partial charge on any atom is 0.333 e. The quantitative estimate of drug-likeness (QED) is 0.0371. The van der Waals surface area contributed by atoms with E-state index in [1.54, 1.807) is 133 Å². The van der Waals surface area contributed by atoms with Gasteiger partial charge >= 0.3 is 17.9 Å². The summed E-state index contributed by atoms with van der Waals surface area (Å²) < 4.78 is 68.8. The van der Waals surface area contributed by atoms with Gasteiger partial charge in [-0.2, -0.15) is 0 Å². The molecule has 121 heavy (non-hydrogen) atoms. The number of halogens is 1. The van der Waals surface area contributed by atoms with Crippen LogP contribution in [0.15, 0.2) is 119 Å². The molecule has 33 nitrogen and oxygen atoms in total. The third-order valence-electron chi connectivity index (χ3n) is 21.4. The van der Waals surface area contributed by atoms with Gasteiger partial charge in [0, 0.05) is 52.5 Å². The molecule has 0 spiro atoms. The summed E-state index contributed by atoms with van der Waals surface area (Å²) in [7, 11) is -7.94. The van der Waals surface area contributed by atoms with Crippen molar-refractivity contribution in [3.8, 4) is 0 Å². The summed E-state index contributed by atoms with van der Waals surface area (Å²) in [5.74, 6) is -8.02. The normalized spacial score (nSPS) is 22.2. The lowest BCUT2D eigenvalue weighted by atomic mass is 9.83. The number of ether oxygens (including phenoxy) is 2. The maximum atomic E-state index is 14.5. The number of hydrogen-bond acceptors (Lipinski definition) is 21. The topological polar surface area (TPSA) is 493 Å². The van der Waals surface area contributed by atoms with E-state index in [0.717, 1.165) is 68.9 Å². The van der Waals surface area contributed by atoms with E-state index in [0.29, 0.717) is 49.7 Å². The number of nitrogens with two attached hydrogens (primary N) is 1. The molecule has 3 radical (unpaired) electrons. The minimum Gasteiger partial charge on any atom is -0.480 e. The first-order valence-corrected chi connectivity index (χ1v) is 44.0. The number of benzene rings is 4. The first kappa shape index (κ1) is 100. The highest BCUT2D eigenvalue weighted by atomic mass is 35.5. The van der Waals surface area contributed by atoms with Crippen LogP contribution in [0.25, 0.3) is 0 Å². The molecule has 37 heteroatoms. The Labute approximate surface area is 716 Å². The largest absolute Gasteiger partial charge is 0.480 e. The SMILES string of the molecule is CCCC(N)C(O)C(=O)NCC(=O)N[C@H](C(=O)OC(C)(C)C)c1ccccc1.CCCC(NC(=O)C1C[C@@H]2CN1C(=O)C(C1CCCCC1)NC(=O)CCc1ccc(cc1)S(=O)(=O)N2)C(O)C(=O)NCC(=O)N[C@H](C(=O)OC(C)(C)C)c1ccccc1.Cl.O=C1CCc2ccc(cc2)S(=O)(=O)N[C@@H]2CC(C(=O)O)N(C2)C(=O)C(C2CCCCC2)N1.[B]. The number of carboxylic acids is 1. The molecule has 0 aromatic heterocycles. The van der Waals surface area contributed by atoms with Crippen molar-refractivity contribution in [2.45, 2.75) is 277 Å². The predicted octanol–water partition coefficient (Wildman–Crippen LogP) is 3.77. The van der Waals surface area contributed by atoms with E-state index in [9.17, 15) is 89.7 Å². The van der Waals surface area contributed by atoms with Crippen LogP contribution in [0.4, 0.5) is 0 Å². The lowest BCUT2D eigenvalue weighted by molar-refractivity contribution is -0.159. The van der Waals surface area contributed by atoms with E-state index in [-0.39, 0.29) is 99.5 Å². The Morgan fingerprint density at radius 3 is 1.26 bits per heavy atom. The molecule has 14 N–H and O–H groups in total. The average molecular weight is 1740 g/mol. The fourth-order valence-electron chi connectivity index (χ4n) is 15.4. The number of aryl methyl sites for hydroxylation is 2. The zero-order valence-corrected chi connectivity index (χ0v) is 72.4. The van der Waals surface area contributed by atoms with Crippen molar-refractivity contribution in [1.29, 1.82) is 0 Å². The average Bonchev–Trinajstić information content (AvgIpc) is 1.65. The molecule has 2 aliphatic carbocycles. The molecule has 8 bridgehead atoms. The van der Waals surface area contributed by atoms with E-state index in [2.05, 4.69) is 46.7 Å². The van der Waals surface area contributed by atoms with E-state index >= 15 is 0 Å². The monoisotopic (exact) mass is 1740 g/mol. The molecule has 6 heterocycles. The molecular weight excluding hydrogens is 1620 g/mol. The van der Waals surface area contributed by atoms with Crippen molar-refractivity contribution in [3.63, 3.8) is 0 Å². The number of amides is 9. The highest BCUT2D eigenvalue weighted by Crippen LogP contribution is 2.34. The van der Waals surface area contributed by atoms with E-state index in [4.69, 9.17) is 15.2 Å².